The van der Waals surface area contributed by atoms with Crippen LogP contribution >= 0.6 is 44.9 Å². The van der Waals surface area contributed by atoms with Crippen LogP contribution in [0, 0.1) is 10.1 Å². The number of thiazole rings is 2. The van der Waals surface area contributed by atoms with E-state index in [2.05, 4.69) is 15.8 Å². The van der Waals surface area contributed by atoms with Gasteiger partial charge in [-0.3, -0.25) is 10.1 Å². The molecule has 1 unspecified atom stereocenters. The Labute approximate surface area is 112 Å². The van der Waals surface area contributed by atoms with Crippen LogP contribution in [-0.2, 0) is 0 Å². The van der Waals surface area contributed by atoms with Crippen LogP contribution in [0.2, 0.25) is 0 Å². The fourth-order valence-electron chi connectivity index (χ4n) is 0.976. The molecule has 2 heterocycles. The SMILES string of the molecule is C=S(c1ncc(SC)s1)c1ncc([N+](=O)[O-])s1. The average Bonchev–Trinajstić information content (AvgIpc) is 2.97. The van der Waals surface area contributed by atoms with E-state index in [9.17, 15) is 10.1 Å². The lowest BCUT2D eigenvalue weighted by atomic mass is 10.9. The summed E-state index contributed by atoms with van der Waals surface area (Å²) < 4.78 is 2.62. The molecule has 17 heavy (non-hydrogen) atoms. The van der Waals surface area contributed by atoms with E-state index in [0.29, 0.717) is 4.34 Å². The molecule has 0 bridgehead atoms. The Morgan fingerprint density at radius 3 is 2.59 bits per heavy atom. The van der Waals surface area contributed by atoms with Gasteiger partial charge in [0.15, 0.2) is 8.68 Å². The Kier molecular flexibility index (Phi) is 3.92. The number of thioether (sulfide) groups is 1. The van der Waals surface area contributed by atoms with Crippen molar-refractivity contribution >= 4 is 55.8 Å². The highest BCUT2D eigenvalue weighted by atomic mass is 32.2. The minimum absolute atomic E-state index is 0.0443. The molecule has 0 fully saturated rings. The van der Waals surface area contributed by atoms with Crippen LogP contribution in [0.3, 0.4) is 0 Å². The van der Waals surface area contributed by atoms with Crippen molar-refractivity contribution in [2.75, 3.05) is 6.26 Å². The van der Waals surface area contributed by atoms with Gasteiger partial charge in [0.05, 0.1) is 15.3 Å². The second-order valence-corrected chi connectivity index (χ2v) is 7.98. The lowest BCUT2D eigenvalue weighted by Gasteiger charge is -1.96. The molecule has 5 nitrogen and oxygen atoms in total. The van der Waals surface area contributed by atoms with Crippen molar-refractivity contribution < 1.29 is 4.92 Å². The molecule has 0 spiro atoms. The standard InChI is InChI=1S/C8H7N3O2S4/c1-14-6-4-10-8(16-6)17(2)7-9-3-5(15-7)11(12)13/h3-4H,2H2,1H3. The second kappa shape index (κ2) is 5.25. The van der Waals surface area contributed by atoms with Crippen LogP contribution in [0.25, 0.3) is 0 Å². The topological polar surface area (TPSA) is 68.9 Å². The Morgan fingerprint density at radius 1 is 1.41 bits per heavy atom. The van der Waals surface area contributed by atoms with Gasteiger partial charge in [-0.15, -0.1) is 23.1 Å². The monoisotopic (exact) mass is 305 g/mol. The summed E-state index contributed by atoms with van der Waals surface area (Å²) in [5, 5.41) is 10.6. The van der Waals surface area contributed by atoms with Crippen LogP contribution in [-0.4, -0.2) is 27.0 Å². The molecule has 0 aromatic carbocycles. The van der Waals surface area contributed by atoms with E-state index in [4.69, 9.17) is 0 Å². The minimum atomic E-state index is -0.526. The van der Waals surface area contributed by atoms with E-state index in [1.165, 1.54) is 6.20 Å². The molecule has 0 N–H and O–H groups in total. The maximum Gasteiger partial charge on any atom is 0.344 e. The Balaban J connectivity index is 2.27. The number of hydrogen-bond donors (Lipinski definition) is 0. The van der Waals surface area contributed by atoms with Crippen LogP contribution in [0.1, 0.15) is 0 Å². The van der Waals surface area contributed by atoms with E-state index in [-0.39, 0.29) is 5.00 Å². The van der Waals surface area contributed by atoms with Crippen LogP contribution < -0.4 is 0 Å². The van der Waals surface area contributed by atoms with Crippen molar-refractivity contribution in [1.29, 1.82) is 0 Å². The zero-order chi connectivity index (χ0) is 12.4. The summed E-state index contributed by atoms with van der Waals surface area (Å²) in [6.07, 6.45) is 5.04. The number of aromatic nitrogens is 2. The molecular weight excluding hydrogens is 298 g/mol. The van der Waals surface area contributed by atoms with Gasteiger partial charge < -0.3 is 0 Å². The summed E-state index contributed by atoms with van der Waals surface area (Å²) in [6.45, 7) is 0. The van der Waals surface area contributed by atoms with Crippen LogP contribution in [0.4, 0.5) is 5.00 Å². The van der Waals surface area contributed by atoms with E-state index in [1.807, 2.05) is 6.26 Å². The highest BCUT2D eigenvalue weighted by molar-refractivity contribution is 8.16. The van der Waals surface area contributed by atoms with Crippen molar-refractivity contribution in [2.24, 2.45) is 0 Å². The van der Waals surface area contributed by atoms with Gasteiger partial charge in [-0.25, -0.2) is 9.97 Å². The van der Waals surface area contributed by atoms with Crippen LogP contribution in [0.15, 0.2) is 25.3 Å². The molecule has 90 valence electrons. The molecule has 0 aliphatic heterocycles. The van der Waals surface area contributed by atoms with E-state index in [1.54, 1.807) is 29.3 Å². The molecule has 0 saturated heterocycles. The van der Waals surface area contributed by atoms with Gasteiger partial charge in [0.25, 0.3) is 0 Å². The van der Waals surface area contributed by atoms with Gasteiger partial charge in [-0.05, 0) is 17.6 Å². The number of nitro groups is 1. The lowest BCUT2D eigenvalue weighted by molar-refractivity contribution is -0.380. The third-order valence-electron chi connectivity index (χ3n) is 1.74. The summed E-state index contributed by atoms with van der Waals surface area (Å²) in [4.78, 5) is 18.4. The normalized spacial score (nSPS) is 12.5. The first-order valence-corrected chi connectivity index (χ1v) is 8.51. The van der Waals surface area contributed by atoms with Crippen molar-refractivity contribution in [3.05, 3.63) is 22.5 Å². The molecule has 9 heteroatoms. The number of hydrogen-bond acceptors (Lipinski definition) is 7. The van der Waals surface area contributed by atoms with Crippen molar-refractivity contribution in [3.63, 3.8) is 0 Å². The molecule has 0 aliphatic carbocycles. The molecular formula is C8H7N3O2S4. The fourth-order valence-corrected chi connectivity index (χ4v) is 5.18. The predicted octanol–water partition coefficient (Wildman–Crippen LogP) is 3.35. The maximum absolute atomic E-state index is 10.6. The molecule has 0 saturated carbocycles. The molecule has 2 aromatic rings. The largest absolute Gasteiger partial charge is 0.344 e. The number of nitrogens with zero attached hydrogens (tertiary/aromatic N) is 3. The van der Waals surface area contributed by atoms with Crippen molar-refractivity contribution in [3.8, 4) is 0 Å². The Morgan fingerprint density at radius 2 is 2.06 bits per heavy atom. The molecule has 2 aromatic heterocycles. The molecule has 0 amide bonds. The van der Waals surface area contributed by atoms with Gasteiger partial charge >= 0.3 is 5.00 Å². The van der Waals surface area contributed by atoms with Crippen LogP contribution in [0.5, 0.6) is 0 Å². The summed E-state index contributed by atoms with van der Waals surface area (Å²) in [5.74, 6) is 3.99. The first-order valence-electron chi connectivity index (χ1n) is 4.26. The van der Waals surface area contributed by atoms with Crippen molar-refractivity contribution in [1.82, 2.24) is 9.97 Å². The summed E-state index contributed by atoms with van der Waals surface area (Å²) >= 11 is 4.23. The molecule has 0 aliphatic rings. The van der Waals surface area contributed by atoms with E-state index >= 15 is 0 Å². The third kappa shape index (κ3) is 2.73. The average molecular weight is 305 g/mol. The third-order valence-corrected chi connectivity index (χ3v) is 7.09. The quantitative estimate of drug-likeness (QED) is 0.375. The zero-order valence-corrected chi connectivity index (χ0v) is 11.9. The maximum atomic E-state index is 10.6. The molecule has 0 radical (unpaired) electrons. The summed E-state index contributed by atoms with van der Waals surface area (Å²) in [7, 11) is -0.526. The molecule has 2 rings (SSSR count). The van der Waals surface area contributed by atoms with Crippen molar-refractivity contribution in [2.45, 2.75) is 12.9 Å². The van der Waals surface area contributed by atoms with Gasteiger partial charge in [0.1, 0.15) is 6.20 Å². The first-order chi connectivity index (χ1) is 8.11. The van der Waals surface area contributed by atoms with E-state index in [0.717, 1.165) is 19.9 Å². The summed E-state index contributed by atoms with van der Waals surface area (Å²) in [6, 6.07) is 0. The van der Waals surface area contributed by atoms with Gasteiger partial charge in [0, 0.05) is 0 Å². The highest BCUT2D eigenvalue weighted by Gasteiger charge is 2.15. The first kappa shape index (κ1) is 12.7. The second-order valence-electron chi connectivity index (χ2n) is 2.76. The van der Waals surface area contributed by atoms with E-state index < -0.39 is 15.4 Å². The van der Waals surface area contributed by atoms with Gasteiger partial charge in [0.2, 0.25) is 0 Å². The van der Waals surface area contributed by atoms with Gasteiger partial charge in [-0.1, -0.05) is 16.4 Å². The van der Waals surface area contributed by atoms with Gasteiger partial charge in [-0.2, -0.15) is 0 Å². The fraction of sp³-hybridized carbons (Fsp3) is 0.125. The Hall–Kier alpha value is -0.770. The Bertz CT molecular complexity index is 577. The smallest absolute Gasteiger partial charge is 0.257 e. The predicted molar refractivity (Wildman–Crippen MR) is 73.9 cm³/mol. The zero-order valence-electron chi connectivity index (χ0n) is 8.65. The molecule has 1 atom stereocenters. The minimum Gasteiger partial charge on any atom is -0.257 e. The number of rotatable bonds is 4. The summed E-state index contributed by atoms with van der Waals surface area (Å²) in [5.41, 5.74) is 0. The lowest BCUT2D eigenvalue weighted by Crippen LogP contribution is -1.80. The highest BCUT2D eigenvalue weighted by Crippen LogP contribution is 2.41.